The van der Waals surface area contributed by atoms with E-state index in [1.807, 2.05) is 0 Å². The van der Waals surface area contributed by atoms with Crippen molar-refractivity contribution >= 4 is 30.7 Å². The Kier molecular flexibility index (Phi) is 8.71. The molecule has 218 valence electrons. The molecule has 1 saturated heterocycles. The van der Waals surface area contributed by atoms with Gasteiger partial charge in [-0.15, -0.1) is 0 Å². The Morgan fingerprint density at radius 3 is 2.60 bits per heavy atom. The van der Waals surface area contributed by atoms with E-state index in [1.165, 1.54) is 19.1 Å². The molecule has 0 amide bonds. The zero-order valence-corrected chi connectivity index (χ0v) is 23.3. The van der Waals surface area contributed by atoms with Crippen molar-refractivity contribution in [2.24, 2.45) is 0 Å². The maximum absolute atomic E-state index is 15.3. The highest BCUT2D eigenvalue weighted by atomic mass is 31.2. The number of ether oxygens (including phenoxy) is 2. The smallest absolute Gasteiger partial charge is 0.459 e. The number of nitrogens with zero attached hydrogens (tertiary/aromatic N) is 4. The molecule has 0 saturated carbocycles. The SMILES string of the molecule is CNc1nc(C)nc2c1ncn2[C@@H]1O[C@H](CO[P@@](=O)(N[C@@H](C)C(=O)OC(C)C)Oc2ccccc2)[C@@H](O)C1(F)F. The summed E-state index contributed by atoms with van der Waals surface area (Å²) in [6.45, 7) is 5.48. The first-order valence-corrected chi connectivity index (χ1v) is 14.0. The number of aromatic nitrogens is 4. The largest absolute Gasteiger partial charge is 0.462 e. The molecule has 1 fully saturated rings. The van der Waals surface area contributed by atoms with E-state index in [-0.39, 0.29) is 16.9 Å². The molecule has 2 aromatic heterocycles. The second kappa shape index (κ2) is 11.7. The van der Waals surface area contributed by atoms with Crippen LogP contribution in [0.15, 0.2) is 36.7 Å². The maximum Gasteiger partial charge on any atom is 0.459 e. The van der Waals surface area contributed by atoms with Crippen molar-refractivity contribution in [2.45, 2.75) is 64.2 Å². The highest BCUT2D eigenvalue weighted by Crippen LogP contribution is 2.48. The molecule has 0 spiro atoms. The normalized spacial score (nSPS) is 22.7. The van der Waals surface area contributed by atoms with Gasteiger partial charge in [0.1, 0.15) is 23.7 Å². The predicted molar refractivity (Wildman–Crippen MR) is 139 cm³/mol. The number of fused-ring (bicyclic) bond motifs is 1. The third kappa shape index (κ3) is 6.23. The third-order valence-electron chi connectivity index (χ3n) is 5.84. The first kappa shape index (κ1) is 29.7. The van der Waals surface area contributed by atoms with E-state index in [1.54, 1.807) is 46.0 Å². The number of aliphatic hydroxyl groups is 1. The standard InChI is InChI=1S/C24H31F2N6O7P/c1-13(2)37-22(34)14(3)31-40(35,39-16-9-7-6-8-10-16)36-11-17-19(33)24(25,26)23(38-17)32-12-28-18-20(27-5)29-15(4)30-21(18)32/h6-10,12-14,17,19,23,33H,11H2,1-5H3,(H,31,35)(H,27,29,30)/t14-,17+,19+,23+,40-/m0/s1. The van der Waals surface area contributed by atoms with Crippen LogP contribution in [0.1, 0.15) is 32.8 Å². The lowest BCUT2D eigenvalue weighted by Gasteiger charge is -2.25. The highest BCUT2D eigenvalue weighted by Gasteiger charge is 2.60. The van der Waals surface area contributed by atoms with Crippen LogP contribution < -0.4 is 14.9 Å². The van der Waals surface area contributed by atoms with Crippen molar-refractivity contribution in [1.82, 2.24) is 24.6 Å². The minimum absolute atomic E-state index is 0.0625. The molecular formula is C24H31F2N6O7P. The summed E-state index contributed by atoms with van der Waals surface area (Å²) in [6, 6.07) is 6.77. The molecule has 4 rings (SSSR count). The van der Waals surface area contributed by atoms with Gasteiger partial charge in [0.25, 0.3) is 0 Å². The average molecular weight is 585 g/mol. The van der Waals surface area contributed by atoms with E-state index in [2.05, 4.69) is 25.4 Å². The Bertz CT molecular complexity index is 1390. The molecule has 13 nitrogen and oxygen atoms in total. The van der Waals surface area contributed by atoms with Gasteiger partial charge in [-0.05, 0) is 39.8 Å². The minimum Gasteiger partial charge on any atom is -0.462 e. The first-order chi connectivity index (χ1) is 18.8. The van der Waals surface area contributed by atoms with Crippen LogP contribution in [-0.2, 0) is 23.4 Å². The summed E-state index contributed by atoms with van der Waals surface area (Å²) in [5.41, 5.74) is 0.293. The topological polar surface area (TPSA) is 159 Å². The predicted octanol–water partition coefficient (Wildman–Crippen LogP) is 3.20. The van der Waals surface area contributed by atoms with Gasteiger partial charge >= 0.3 is 19.6 Å². The summed E-state index contributed by atoms with van der Waals surface area (Å²) < 4.78 is 66.9. The average Bonchev–Trinajstić information content (AvgIpc) is 3.40. The lowest BCUT2D eigenvalue weighted by molar-refractivity contribution is -0.149. The van der Waals surface area contributed by atoms with Crippen molar-refractivity contribution in [2.75, 3.05) is 19.0 Å². The summed E-state index contributed by atoms with van der Waals surface area (Å²) >= 11 is 0. The van der Waals surface area contributed by atoms with Gasteiger partial charge in [-0.25, -0.2) is 19.5 Å². The highest BCUT2D eigenvalue weighted by molar-refractivity contribution is 7.52. The van der Waals surface area contributed by atoms with Crippen molar-refractivity contribution in [3.8, 4) is 5.75 Å². The Hall–Kier alpha value is -3.23. The number of nitrogens with one attached hydrogen (secondary N) is 2. The number of esters is 1. The molecule has 16 heteroatoms. The van der Waals surface area contributed by atoms with Crippen molar-refractivity contribution in [1.29, 1.82) is 0 Å². The summed E-state index contributed by atoms with van der Waals surface area (Å²) in [5.74, 6) is -3.79. The van der Waals surface area contributed by atoms with Crippen LogP contribution in [0.25, 0.3) is 11.2 Å². The lowest BCUT2D eigenvalue weighted by atomic mass is 10.1. The molecule has 0 radical (unpaired) electrons. The lowest BCUT2D eigenvalue weighted by Crippen LogP contribution is -2.40. The summed E-state index contributed by atoms with van der Waals surface area (Å²) in [6.07, 6.45) is -5.33. The fourth-order valence-corrected chi connectivity index (χ4v) is 5.49. The van der Waals surface area contributed by atoms with Crippen LogP contribution in [0.3, 0.4) is 0 Å². The number of hydrogen-bond acceptors (Lipinski definition) is 11. The monoisotopic (exact) mass is 584 g/mol. The van der Waals surface area contributed by atoms with Crippen LogP contribution in [0.2, 0.25) is 0 Å². The van der Waals surface area contributed by atoms with Crippen molar-refractivity contribution in [3.05, 3.63) is 42.5 Å². The van der Waals surface area contributed by atoms with Crippen LogP contribution in [0.4, 0.5) is 14.6 Å². The number of benzene rings is 1. The Morgan fingerprint density at radius 2 is 1.95 bits per heavy atom. The Labute approximate surface area is 228 Å². The Balaban J connectivity index is 1.56. The van der Waals surface area contributed by atoms with E-state index in [9.17, 15) is 14.5 Å². The number of aliphatic hydroxyl groups excluding tert-OH is 1. The Morgan fingerprint density at radius 1 is 1.25 bits per heavy atom. The molecule has 0 unspecified atom stereocenters. The molecule has 1 aliphatic heterocycles. The maximum atomic E-state index is 15.3. The number of carbonyl (C=O) groups is 1. The van der Waals surface area contributed by atoms with Gasteiger partial charge in [-0.1, -0.05) is 18.2 Å². The number of carbonyl (C=O) groups excluding carboxylic acids is 1. The van der Waals surface area contributed by atoms with Gasteiger partial charge in [0.2, 0.25) is 6.23 Å². The van der Waals surface area contributed by atoms with Crippen molar-refractivity contribution in [3.63, 3.8) is 0 Å². The van der Waals surface area contributed by atoms with E-state index in [0.717, 1.165) is 10.9 Å². The number of anilines is 1. The van der Waals surface area contributed by atoms with E-state index in [0.29, 0.717) is 11.6 Å². The molecule has 0 aliphatic carbocycles. The molecular weight excluding hydrogens is 553 g/mol. The number of rotatable bonds is 11. The number of para-hydroxylation sites is 1. The number of halogens is 2. The van der Waals surface area contributed by atoms with Crippen LogP contribution >= 0.6 is 7.75 Å². The van der Waals surface area contributed by atoms with Crippen LogP contribution in [-0.4, -0.2) is 74.5 Å². The fraction of sp³-hybridized carbons (Fsp3) is 0.500. The minimum atomic E-state index is -4.39. The van der Waals surface area contributed by atoms with Gasteiger partial charge in [0.15, 0.2) is 23.1 Å². The van der Waals surface area contributed by atoms with Gasteiger partial charge < -0.3 is 24.4 Å². The molecule has 1 aliphatic rings. The van der Waals surface area contributed by atoms with Crippen LogP contribution in [0, 0.1) is 6.92 Å². The zero-order chi connectivity index (χ0) is 29.2. The zero-order valence-electron chi connectivity index (χ0n) is 22.4. The van der Waals surface area contributed by atoms with Gasteiger partial charge in [0.05, 0.1) is 19.0 Å². The second-order valence-electron chi connectivity index (χ2n) is 9.37. The quantitative estimate of drug-likeness (QED) is 0.224. The first-order valence-electron chi connectivity index (χ1n) is 12.4. The molecule has 3 heterocycles. The van der Waals surface area contributed by atoms with Crippen LogP contribution in [0.5, 0.6) is 5.75 Å². The third-order valence-corrected chi connectivity index (χ3v) is 7.48. The molecule has 3 N–H and O–H groups in total. The van der Waals surface area contributed by atoms with Gasteiger partial charge in [-0.2, -0.15) is 13.9 Å². The summed E-state index contributed by atoms with van der Waals surface area (Å²) in [5, 5.41) is 15.8. The van der Waals surface area contributed by atoms with E-state index >= 15 is 8.78 Å². The summed E-state index contributed by atoms with van der Waals surface area (Å²) in [4.78, 5) is 24.9. The molecule has 0 bridgehead atoms. The van der Waals surface area contributed by atoms with Gasteiger partial charge in [0, 0.05) is 7.05 Å². The van der Waals surface area contributed by atoms with Crippen molar-refractivity contribution < 1.29 is 41.8 Å². The fourth-order valence-electron chi connectivity index (χ4n) is 3.98. The number of imidazole rings is 1. The number of hydrogen-bond donors (Lipinski definition) is 3. The van der Waals surface area contributed by atoms with E-state index in [4.69, 9.17) is 18.5 Å². The second-order valence-corrected chi connectivity index (χ2v) is 11.1. The molecule has 3 aromatic rings. The van der Waals surface area contributed by atoms with Gasteiger partial charge in [-0.3, -0.25) is 13.9 Å². The van der Waals surface area contributed by atoms with E-state index < -0.39 is 56.8 Å². The number of aryl methyl sites for hydroxylation is 1. The molecule has 5 atom stereocenters. The number of alkyl halides is 2. The molecule has 1 aromatic carbocycles. The molecule has 40 heavy (non-hydrogen) atoms. The summed E-state index contributed by atoms with van der Waals surface area (Å²) in [7, 11) is -2.78.